The van der Waals surface area contributed by atoms with E-state index in [1.807, 2.05) is 30.5 Å². The van der Waals surface area contributed by atoms with Gasteiger partial charge >= 0.3 is 5.69 Å². The highest BCUT2D eigenvalue weighted by Crippen LogP contribution is 2.46. The summed E-state index contributed by atoms with van der Waals surface area (Å²) >= 11 is 0. The lowest BCUT2D eigenvalue weighted by atomic mass is 9.97. The zero-order valence-electron chi connectivity index (χ0n) is 20.8. The zero-order valence-corrected chi connectivity index (χ0v) is 20.8. The van der Waals surface area contributed by atoms with Gasteiger partial charge in [0.25, 0.3) is 5.56 Å². The highest BCUT2D eigenvalue weighted by atomic mass is 19.1. The van der Waals surface area contributed by atoms with E-state index in [0.717, 1.165) is 15.7 Å². The van der Waals surface area contributed by atoms with Gasteiger partial charge in [-0.25, -0.2) is 13.6 Å². The first kappa shape index (κ1) is 23.0. The summed E-state index contributed by atoms with van der Waals surface area (Å²) in [5.41, 5.74) is 4.06. The SMILES string of the molecule is Cc1cc2c(cc1C)-n1c(-c3ccccc3F)c3c(=O)n(C)c(=O)n(C)c3c1C(c1ccccc1F)N2. The van der Waals surface area contributed by atoms with Crippen LogP contribution in [-0.2, 0) is 14.1 Å². The molecule has 3 aromatic carbocycles. The predicted octanol–water partition coefficient (Wildman–Crippen LogP) is 5.10. The van der Waals surface area contributed by atoms with Crippen LogP contribution in [0, 0.1) is 25.5 Å². The van der Waals surface area contributed by atoms with E-state index in [2.05, 4.69) is 5.32 Å². The van der Waals surface area contributed by atoms with Crippen molar-refractivity contribution in [2.24, 2.45) is 14.1 Å². The lowest BCUT2D eigenvalue weighted by molar-refractivity contribution is 0.599. The molecular formula is C29H24F2N4O2. The Balaban J connectivity index is 1.91. The molecule has 8 heteroatoms. The first-order chi connectivity index (χ1) is 17.7. The van der Waals surface area contributed by atoms with Crippen LogP contribution in [0.25, 0.3) is 27.8 Å². The molecule has 0 spiro atoms. The predicted molar refractivity (Wildman–Crippen MR) is 140 cm³/mol. The van der Waals surface area contributed by atoms with Crippen molar-refractivity contribution < 1.29 is 8.78 Å². The van der Waals surface area contributed by atoms with Gasteiger partial charge in [0.05, 0.1) is 39.7 Å². The molecule has 3 heterocycles. The fourth-order valence-electron chi connectivity index (χ4n) is 5.38. The highest BCUT2D eigenvalue weighted by molar-refractivity contribution is 5.99. The number of rotatable bonds is 2. The number of fused-ring (bicyclic) bond motifs is 5. The summed E-state index contributed by atoms with van der Waals surface area (Å²) in [4.78, 5) is 26.8. The molecule has 0 saturated carbocycles. The van der Waals surface area contributed by atoms with Crippen LogP contribution >= 0.6 is 0 Å². The van der Waals surface area contributed by atoms with Crippen molar-refractivity contribution in [2.75, 3.05) is 5.32 Å². The standard InChI is InChI=1S/C29H24F2N4O2/c1-15-13-21-22(14-16(15)2)35-25(18-10-6-8-12-20(18)31)23-26(33(3)29(37)34(4)28(23)36)27(35)24(32-21)17-9-5-7-11-19(17)30/h5-14,24,32H,1-4H3. The number of anilines is 1. The molecule has 186 valence electrons. The number of nitrogens with one attached hydrogen (secondary N) is 1. The summed E-state index contributed by atoms with van der Waals surface area (Å²) in [7, 11) is 2.98. The Bertz CT molecular complexity index is 1880. The number of benzene rings is 3. The van der Waals surface area contributed by atoms with E-state index in [4.69, 9.17) is 0 Å². The molecule has 5 aromatic rings. The second kappa shape index (κ2) is 8.03. The highest BCUT2D eigenvalue weighted by Gasteiger charge is 2.36. The van der Waals surface area contributed by atoms with E-state index >= 15 is 8.78 Å². The zero-order chi connectivity index (χ0) is 26.2. The van der Waals surface area contributed by atoms with Crippen LogP contribution in [-0.4, -0.2) is 13.7 Å². The largest absolute Gasteiger partial charge is 0.371 e. The molecule has 2 aromatic heterocycles. The van der Waals surface area contributed by atoms with Gasteiger partial charge in [-0.2, -0.15) is 0 Å². The molecule has 0 fully saturated rings. The Morgan fingerprint density at radius 2 is 1.49 bits per heavy atom. The first-order valence-corrected chi connectivity index (χ1v) is 11.9. The Morgan fingerprint density at radius 3 is 2.19 bits per heavy atom. The lowest BCUT2D eigenvalue weighted by Gasteiger charge is -2.32. The van der Waals surface area contributed by atoms with Crippen LogP contribution < -0.4 is 16.6 Å². The third kappa shape index (κ3) is 3.15. The Morgan fingerprint density at radius 1 is 0.838 bits per heavy atom. The molecule has 0 aliphatic carbocycles. The minimum absolute atomic E-state index is 0.193. The van der Waals surface area contributed by atoms with E-state index < -0.39 is 28.9 Å². The molecule has 1 aliphatic rings. The van der Waals surface area contributed by atoms with Crippen molar-refractivity contribution in [2.45, 2.75) is 19.9 Å². The molecule has 1 aliphatic heterocycles. The van der Waals surface area contributed by atoms with Gasteiger partial charge in [0.2, 0.25) is 0 Å². The number of aromatic nitrogens is 3. The number of nitrogens with zero attached hydrogens (tertiary/aromatic N) is 3. The van der Waals surface area contributed by atoms with Crippen LogP contribution in [0.15, 0.2) is 70.3 Å². The van der Waals surface area contributed by atoms with Crippen molar-refractivity contribution in [3.8, 4) is 16.9 Å². The minimum Gasteiger partial charge on any atom is -0.371 e. The van der Waals surface area contributed by atoms with Gasteiger partial charge in [-0.1, -0.05) is 30.3 Å². The average molecular weight is 499 g/mol. The topological polar surface area (TPSA) is 61.0 Å². The molecule has 1 unspecified atom stereocenters. The maximum atomic E-state index is 15.4. The second-order valence-corrected chi connectivity index (χ2v) is 9.53. The van der Waals surface area contributed by atoms with Crippen molar-refractivity contribution >= 4 is 16.6 Å². The van der Waals surface area contributed by atoms with E-state index in [9.17, 15) is 9.59 Å². The van der Waals surface area contributed by atoms with E-state index in [1.165, 1.54) is 23.7 Å². The maximum Gasteiger partial charge on any atom is 0.331 e. The summed E-state index contributed by atoms with van der Waals surface area (Å²) in [6, 6.07) is 15.8. The minimum atomic E-state index is -0.753. The summed E-state index contributed by atoms with van der Waals surface area (Å²) in [5.74, 6) is -0.943. The third-order valence-electron chi connectivity index (χ3n) is 7.38. The molecule has 1 N–H and O–H groups in total. The van der Waals surface area contributed by atoms with Crippen LogP contribution in [0.1, 0.15) is 28.4 Å². The maximum absolute atomic E-state index is 15.4. The van der Waals surface area contributed by atoms with Crippen LogP contribution in [0.2, 0.25) is 0 Å². The van der Waals surface area contributed by atoms with E-state index in [1.54, 1.807) is 43.4 Å². The summed E-state index contributed by atoms with van der Waals surface area (Å²) < 4.78 is 34.9. The molecule has 0 saturated heterocycles. The summed E-state index contributed by atoms with van der Waals surface area (Å²) in [5, 5.41) is 3.65. The molecule has 1 atom stereocenters. The fraction of sp³-hybridized carbons (Fsp3) is 0.172. The number of hydrogen-bond donors (Lipinski definition) is 1. The van der Waals surface area contributed by atoms with Gasteiger partial charge < -0.3 is 9.88 Å². The lowest BCUT2D eigenvalue weighted by Crippen LogP contribution is -2.37. The normalized spacial score (nSPS) is 14.4. The average Bonchev–Trinajstić information content (AvgIpc) is 3.24. The van der Waals surface area contributed by atoms with Gasteiger partial charge in [0.15, 0.2) is 0 Å². The third-order valence-corrected chi connectivity index (χ3v) is 7.38. The molecule has 0 radical (unpaired) electrons. The Hall–Kier alpha value is -4.46. The van der Waals surface area contributed by atoms with Gasteiger partial charge in [0, 0.05) is 25.2 Å². The number of aryl methyl sites for hydroxylation is 3. The molecule has 37 heavy (non-hydrogen) atoms. The van der Waals surface area contributed by atoms with Crippen LogP contribution in [0.4, 0.5) is 14.5 Å². The summed E-state index contributed by atoms with van der Waals surface area (Å²) in [6.45, 7) is 3.95. The van der Waals surface area contributed by atoms with Crippen molar-refractivity contribution in [1.82, 2.24) is 13.7 Å². The quantitative estimate of drug-likeness (QED) is 0.368. The fourth-order valence-corrected chi connectivity index (χ4v) is 5.38. The molecular weight excluding hydrogens is 474 g/mol. The first-order valence-electron chi connectivity index (χ1n) is 11.9. The molecule has 6 nitrogen and oxygen atoms in total. The van der Waals surface area contributed by atoms with Gasteiger partial charge in [-0.05, 0) is 55.3 Å². The van der Waals surface area contributed by atoms with Crippen molar-refractivity contribution in [3.63, 3.8) is 0 Å². The van der Waals surface area contributed by atoms with E-state index in [0.29, 0.717) is 33.8 Å². The van der Waals surface area contributed by atoms with Gasteiger partial charge in [0.1, 0.15) is 11.6 Å². The summed E-state index contributed by atoms with van der Waals surface area (Å²) in [6.07, 6.45) is 0. The Kier molecular flexibility index (Phi) is 4.98. The number of hydrogen-bond acceptors (Lipinski definition) is 3. The van der Waals surface area contributed by atoms with Crippen LogP contribution in [0.3, 0.4) is 0 Å². The smallest absolute Gasteiger partial charge is 0.331 e. The van der Waals surface area contributed by atoms with Gasteiger partial charge in [-0.3, -0.25) is 13.9 Å². The van der Waals surface area contributed by atoms with E-state index in [-0.39, 0.29) is 10.9 Å². The van der Waals surface area contributed by atoms with Crippen molar-refractivity contribution in [3.05, 3.63) is 116 Å². The molecule has 0 amide bonds. The van der Waals surface area contributed by atoms with Crippen molar-refractivity contribution in [1.29, 1.82) is 0 Å². The molecule has 0 bridgehead atoms. The second-order valence-electron chi connectivity index (χ2n) is 9.53. The Labute approximate surface area is 211 Å². The molecule has 6 rings (SSSR count). The monoisotopic (exact) mass is 498 g/mol. The van der Waals surface area contributed by atoms with Gasteiger partial charge in [-0.15, -0.1) is 0 Å². The number of halogens is 2. The van der Waals surface area contributed by atoms with Crippen LogP contribution in [0.5, 0.6) is 0 Å².